The molecule has 0 spiro atoms. The summed E-state index contributed by atoms with van der Waals surface area (Å²) in [5.41, 5.74) is 2.93. The summed E-state index contributed by atoms with van der Waals surface area (Å²) in [6.07, 6.45) is 4.61. The van der Waals surface area contributed by atoms with Crippen molar-refractivity contribution in [2.45, 2.75) is 83.0 Å². The Bertz CT molecular complexity index is 994. The molecule has 0 radical (unpaired) electrons. The van der Waals surface area contributed by atoms with Crippen LogP contribution in [0.15, 0.2) is 36.4 Å². The Morgan fingerprint density at radius 1 is 1.06 bits per heavy atom. The van der Waals surface area contributed by atoms with Gasteiger partial charge < -0.3 is 25.0 Å². The van der Waals surface area contributed by atoms with Gasteiger partial charge in [-0.3, -0.25) is 0 Å². The lowest BCUT2D eigenvalue weighted by Crippen LogP contribution is -2.46. The van der Waals surface area contributed by atoms with Crippen LogP contribution in [0, 0.1) is 13.8 Å². The number of nitrogens with one attached hydrogen (secondary N) is 1. The molecule has 1 fully saturated rings. The normalized spacial score (nSPS) is 16.9. The van der Waals surface area contributed by atoms with Crippen LogP contribution in [0.3, 0.4) is 0 Å². The molecule has 1 aliphatic rings. The van der Waals surface area contributed by atoms with E-state index >= 15 is 0 Å². The van der Waals surface area contributed by atoms with Gasteiger partial charge in [0.25, 0.3) is 0 Å². The Balaban J connectivity index is 1.54. The molecule has 2 aromatic rings. The maximum Gasteiger partial charge on any atom is 0.515 e. The third-order valence-corrected chi connectivity index (χ3v) is 8.32. The smallest absolute Gasteiger partial charge is 0.508 e. The zero-order valence-corrected chi connectivity index (χ0v) is 22.8. The van der Waals surface area contributed by atoms with Crippen LogP contribution in [-0.4, -0.2) is 51.7 Å². The number of β-amino-alcohol motifs (C(OH)–C–C–N with tert-alkyl or cyclic N) is 1. The monoisotopic (exact) mass is 518 g/mol. The molecule has 2 atom stereocenters. The van der Waals surface area contributed by atoms with E-state index < -0.39 is 19.3 Å². The van der Waals surface area contributed by atoms with Crippen molar-refractivity contribution >= 4 is 8.03 Å². The van der Waals surface area contributed by atoms with Crippen molar-refractivity contribution in [2.75, 3.05) is 19.8 Å². The molecule has 2 unspecified atom stereocenters. The Kier molecular flexibility index (Phi) is 9.76. The maximum atomic E-state index is 12.1. The summed E-state index contributed by atoms with van der Waals surface area (Å²) in [4.78, 5) is 9.99. The summed E-state index contributed by atoms with van der Waals surface area (Å²) < 4.78 is 23.9. The van der Waals surface area contributed by atoms with Gasteiger partial charge >= 0.3 is 8.03 Å². The fourth-order valence-electron chi connectivity index (χ4n) is 4.94. The maximum absolute atomic E-state index is 12.1. The molecule has 7 nitrogen and oxygen atoms in total. The van der Waals surface area contributed by atoms with Gasteiger partial charge in [-0.1, -0.05) is 18.6 Å². The molecular formula is C28H41NO6P+. The lowest BCUT2D eigenvalue weighted by molar-refractivity contribution is 0.0988. The van der Waals surface area contributed by atoms with Crippen LogP contribution < -0.4 is 14.8 Å². The fraction of sp³-hybridized carbons (Fsp3) is 0.571. The van der Waals surface area contributed by atoms with Gasteiger partial charge in [0.2, 0.25) is 5.16 Å². The Labute approximate surface area is 215 Å². The van der Waals surface area contributed by atoms with Crippen LogP contribution in [0.2, 0.25) is 0 Å². The molecule has 0 bridgehead atoms. The first kappa shape index (κ1) is 28.4. The van der Waals surface area contributed by atoms with Crippen molar-refractivity contribution < 1.29 is 29.1 Å². The van der Waals surface area contributed by atoms with Crippen LogP contribution in [-0.2, 0) is 11.0 Å². The van der Waals surface area contributed by atoms with Crippen molar-refractivity contribution in [3.05, 3.63) is 53.1 Å². The highest BCUT2D eigenvalue weighted by Gasteiger charge is 2.50. The van der Waals surface area contributed by atoms with Gasteiger partial charge in [-0.2, -0.15) is 4.89 Å². The van der Waals surface area contributed by atoms with Gasteiger partial charge in [0.1, 0.15) is 36.6 Å². The number of benzene rings is 2. The third-order valence-electron chi connectivity index (χ3n) is 6.94. The highest BCUT2D eigenvalue weighted by atomic mass is 31.1. The van der Waals surface area contributed by atoms with E-state index in [9.17, 15) is 19.7 Å². The molecule has 0 aromatic heterocycles. The van der Waals surface area contributed by atoms with E-state index in [4.69, 9.17) is 9.47 Å². The molecule has 3 rings (SSSR count). The summed E-state index contributed by atoms with van der Waals surface area (Å²) in [5.74, 6) is 1.57. The van der Waals surface area contributed by atoms with Gasteiger partial charge in [-0.15, -0.1) is 0 Å². The molecule has 0 heterocycles. The topological polar surface area (TPSA) is 108 Å². The largest absolute Gasteiger partial charge is 0.515 e. The first-order chi connectivity index (χ1) is 17.0. The van der Waals surface area contributed by atoms with Crippen LogP contribution in [0.4, 0.5) is 0 Å². The van der Waals surface area contributed by atoms with Gasteiger partial charge in [0.15, 0.2) is 0 Å². The van der Waals surface area contributed by atoms with Crippen molar-refractivity contribution in [3.8, 4) is 17.2 Å². The van der Waals surface area contributed by atoms with Gasteiger partial charge in [-0.25, -0.2) is 0 Å². The fourth-order valence-corrected chi connectivity index (χ4v) is 5.81. The quantitative estimate of drug-likeness (QED) is 0.287. The molecule has 36 heavy (non-hydrogen) atoms. The van der Waals surface area contributed by atoms with E-state index in [0.29, 0.717) is 12.3 Å². The zero-order valence-electron chi connectivity index (χ0n) is 21.9. The van der Waals surface area contributed by atoms with Crippen LogP contribution in [0.1, 0.15) is 62.6 Å². The van der Waals surface area contributed by atoms with Crippen molar-refractivity contribution in [1.29, 1.82) is 0 Å². The number of aliphatic hydroxyl groups is 1. The molecule has 4 N–H and O–H groups in total. The lowest BCUT2D eigenvalue weighted by atomic mass is 9.89. The minimum absolute atomic E-state index is 0.152. The standard InChI is InChI=1S/C28H40NO6P/c1-20-14-22(15-21(2)26(20)35-19-28(36(32)33)12-6-5-7-13-28)16-27(3,4)29-17-24(31)18-34-25-10-8-23(30)9-11-25/h8-11,14-15,24,29,31H,5-7,12-13,16-19H2,1-4H3,(H-,30,32,33)/p+1. The predicted octanol–water partition coefficient (Wildman–Crippen LogP) is 5.18. The molecule has 8 heteroatoms. The first-order valence-corrected chi connectivity index (χ1v) is 13.9. The van der Waals surface area contributed by atoms with Crippen molar-refractivity contribution in [1.82, 2.24) is 5.32 Å². The van der Waals surface area contributed by atoms with Gasteiger partial charge in [0.05, 0.1) is 0 Å². The number of rotatable bonds is 12. The second-order valence-electron chi connectivity index (χ2n) is 10.8. The van der Waals surface area contributed by atoms with E-state index in [2.05, 4.69) is 31.3 Å². The van der Waals surface area contributed by atoms with Gasteiger partial charge in [-0.05, 0) is 92.5 Å². The highest BCUT2D eigenvalue weighted by Crippen LogP contribution is 2.47. The number of hydrogen-bond donors (Lipinski definition) is 4. The third kappa shape index (κ3) is 7.91. The highest BCUT2D eigenvalue weighted by molar-refractivity contribution is 7.40. The number of phenolic OH excluding ortho intramolecular Hbond substituents is 1. The number of aliphatic hydroxyl groups excluding tert-OH is 1. The lowest BCUT2D eigenvalue weighted by Gasteiger charge is -2.29. The summed E-state index contributed by atoms with van der Waals surface area (Å²) in [6, 6.07) is 10.6. The number of aryl methyl sites for hydroxylation is 2. The molecule has 0 saturated heterocycles. The average Bonchev–Trinajstić information content (AvgIpc) is 2.82. The molecular weight excluding hydrogens is 477 g/mol. The molecule has 0 amide bonds. The molecule has 1 aliphatic carbocycles. The van der Waals surface area contributed by atoms with Crippen molar-refractivity contribution in [3.63, 3.8) is 0 Å². The minimum Gasteiger partial charge on any atom is -0.508 e. The number of hydrogen-bond acceptors (Lipinski definition) is 6. The summed E-state index contributed by atoms with van der Waals surface area (Å²) in [6.45, 7) is 9.04. The number of ether oxygens (including phenoxy) is 2. The summed E-state index contributed by atoms with van der Waals surface area (Å²) >= 11 is 0. The van der Waals surface area contributed by atoms with E-state index in [1.165, 1.54) is 0 Å². The van der Waals surface area contributed by atoms with Crippen molar-refractivity contribution in [2.24, 2.45) is 0 Å². The molecule has 198 valence electrons. The van der Waals surface area contributed by atoms with E-state index in [1.54, 1.807) is 24.3 Å². The SMILES string of the molecule is Cc1cc(CC(C)(C)NCC(O)COc2ccc(O)cc2)cc(C)c1OCC1([P+](=O)O)CCCCC1. The number of aromatic hydroxyl groups is 1. The van der Waals surface area contributed by atoms with E-state index in [1.807, 2.05) is 13.8 Å². The summed E-state index contributed by atoms with van der Waals surface area (Å²) in [5, 5.41) is 22.5. The molecule has 1 saturated carbocycles. The van der Waals surface area contributed by atoms with Crippen LogP contribution in [0.5, 0.6) is 17.2 Å². The minimum atomic E-state index is -2.29. The Morgan fingerprint density at radius 2 is 1.67 bits per heavy atom. The molecule has 0 aliphatic heterocycles. The number of phenols is 1. The Hall–Kier alpha value is -2.18. The van der Waals surface area contributed by atoms with E-state index in [-0.39, 0.29) is 24.5 Å². The molecule has 2 aromatic carbocycles. The summed E-state index contributed by atoms with van der Waals surface area (Å²) in [7, 11) is -2.29. The predicted molar refractivity (Wildman–Crippen MR) is 142 cm³/mol. The van der Waals surface area contributed by atoms with Crippen LogP contribution >= 0.6 is 8.03 Å². The van der Waals surface area contributed by atoms with Crippen LogP contribution in [0.25, 0.3) is 0 Å². The Morgan fingerprint density at radius 3 is 2.25 bits per heavy atom. The zero-order chi connectivity index (χ0) is 26.3. The second-order valence-corrected chi connectivity index (χ2v) is 12.3. The van der Waals surface area contributed by atoms with E-state index in [0.717, 1.165) is 61.0 Å². The second kappa shape index (κ2) is 12.4. The average molecular weight is 519 g/mol. The van der Waals surface area contributed by atoms with Gasteiger partial charge in [0, 0.05) is 24.9 Å². The first-order valence-electron chi connectivity index (χ1n) is 12.7.